The summed E-state index contributed by atoms with van der Waals surface area (Å²) in [6, 6.07) is 7.74. The summed E-state index contributed by atoms with van der Waals surface area (Å²) in [5.41, 5.74) is 1.82. The van der Waals surface area contributed by atoms with Gasteiger partial charge in [-0.3, -0.25) is 4.79 Å². The molecule has 1 aromatic carbocycles. The van der Waals surface area contributed by atoms with Gasteiger partial charge in [0.15, 0.2) is 0 Å². The number of benzene rings is 1. The smallest absolute Gasteiger partial charge is 0.251 e. The summed E-state index contributed by atoms with van der Waals surface area (Å²) in [6.45, 7) is 6.78. The highest BCUT2D eigenvalue weighted by Crippen LogP contribution is 2.16. The Hall–Kier alpha value is -1.39. The van der Waals surface area contributed by atoms with Gasteiger partial charge in [0, 0.05) is 25.8 Å². The maximum absolute atomic E-state index is 12.2. The Labute approximate surface area is 127 Å². The van der Waals surface area contributed by atoms with Crippen molar-refractivity contribution >= 4 is 5.91 Å². The zero-order valence-electron chi connectivity index (χ0n) is 13.1. The Morgan fingerprint density at radius 2 is 2.05 bits per heavy atom. The van der Waals surface area contributed by atoms with Crippen LogP contribution in [0.5, 0.6) is 0 Å². The fraction of sp³-hybridized carbons (Fsp3) is 0.588. The highest BCUT2D eigenvalue weighted by atomic mass is 16.5. The first-order valence-electron chi connectivity index (χ1n) is 7.76. The molecule has 1 N–H and O–H groups in total. The van der Waals surface area contributed by atoms with E-state index in [1.165, 1.54) is 0 Å². The quantitative estimate of drug-likeness (QED) is 0.872. The van der Waals surface area contributed by atoms with Crippen molar-refractivity contribution in [3.63, 3.8) is 0 Å². The van der Waals surface area contributed by atoms with E-state index in [0.717, 1.165) is 56.8 Å². The van der Waals surface area contributed by atoms with Gasteiger partial charge >= 0.3 is 0 Å². The van der Waals surface area contributed by atoms with Crippen LogP contribution in [-0.4, -0.2) is 50.7 Å². The van der Waals surface area contributed by atoms with E-state index in [1.807, 2.05) is 31.2 Å². The molecule has 1 aliphatic heterocycles. The van der Waals surface area contributed by atoms with Crippen LogP contribution in [0.1, 0.15) is 28.8 Å². The van der Waals surface area contributed by atoms with Crippen LogP contribution in [0.2, 0.25) is 0 Å². The van der Waals surface area contributed by atoms with Crippen LogP contribution in [0.25, 0.3) is 0 Å². The Balaban J connectivity index is 1.72. The molecule has 1 saturated heterocycles. The van der Waals surface area contributed by atoms with Gasteiger partial charge in [0.05, 0.1) is 6.61 Å². The minimum absolute atomic E-state index is 0.0508. The molecule has 0 unspecified atom stereocenters. The Morgan fingerprint density at radius 1 is 1.33 bits per heavy atom. The first-order valence-corrected chi connectivity index (χ1v) is 7.76. The molecule has 1 amide bonds. The van der Waals surface area contributed by atoms with E-state index in [4.69, 9.17) is 4.74 Å². The van der Waals surface area contributed by atoms with Gasteiger partial charge in [-0.1, -0.05) is 18.2 Å². The van der Waals surface area contributed by atoms with Crippen LogP contribution in [0.15, 0.2) is 24.3 Å². The van der Waals surface area contributed by atoms with E-state index >= 15 is 0 Å². The minimum atomic E-state index is 0.0508. The molecule has 0 radical (unpaired) electrons. The first kappa shape index (κ1) is 16.0. The second-order valence-electron chi connectivity index (χ2n) is 5.80. The summed E-state index contributed by atoms with van der Waals surface area (Å²) in [5.74, 6) is 0.645. The molecule has 0 atom stereocenters. The molecule has 1 fully saturated rings. The van der Waals surface area contributed by atoms with Crippen molar-refractivity contribution in [3.05, 3.63) is 35.4 Å². The van der Waals surface area contributed by atoms with Crippen molar-refractivity contribution < 1.29 is 9.53 Å². The average molecular weight is 290 g/mol. The zero-order chi connectivity index (χ0) is 15.1. The molecule has 116 valence electrons. The van der Waals surface area contributed by atoms with Gasteiger partial charge in [-0.15, -0.1) is 0 Å². The third kappa shape index (κ3) is 4.83. The molecule has 0 saturated carbocycles. The molecule has 0 bridgehead atoms. The maximum Gasteiger partial charge on any atom is 0.251 e. The molecule has 1 aromatic rings. The molecule has 2 rings (SSSR count). The number of ether oxygens (including phenoxy) is 1. The highest BCUT2D eigenvalue weighted by Gasteiger charge is 2.19. The highest BCUT2D eigenvalue weighted by molar-refractivity contribution is 5.95. The summed E-state index contributed by atoms with van der Waals surface area (Å²) in [7, 11) is 1.74. The van der Waals surface area contributed by atoms with E-state index in [9.17, 15) is 4.79 Å². The molecule has 4 nitrogen and oxygen atoms in total. The summed E-state index contributed by atoms with van der Waals surface area (Å²) in [6.07, 6.45) is 2.30. The van der Waals surface area contributed by atoms with Gasteiger partial charge in [-0.05, 0) is 50.4 Å². The summed E-state index contributed by atoms with van der Waals surface area (Å²) in [5, 5.41) is 3.09. The minimum Gasteiger partial charge on any atom is -0.383 e. The van der Waals surface area contributed by atoms with Gasteiger partial charge in [0.1, 0.15) is 0 Å². The number of rotatable bonds is 6. The van der Waals surface area contributed by atoms with Crippen molar-refractivity contribution in [1.29, 1.82) is 0 Å². The largest absolute Gasteiger partial charge is 0.383 e. The number of likely N-dealkylation sites (tertiary alicyclic amines) is 1. The lowest BCUT2D eigenvalue weighted by molar-refractivity contribution is 0.0925. The zero-order valence-corrected chi connectivity index (χ0v) is 13.1. The third-order valence-corrected chi connectivity index (χ3v) is 4.26. The number of aryl methyl sites for hydroxylation is 1. The SMILES string of the molecule is COCCN1CCC(CNC(=O)c2ccccc2C)CC1. The predicted molar refractivity (Wildman–Crippen MR) is 84.6 cm³/mol. The predicted octanol–water partition coefficient (Wildman–Crippen LogP) is 2.08. The van der Waals surface area contributed by atoms with Gasteiger partial charge in [0.2, 0.25) is 0 Å². The number of methoxy groups -OCH3 is 1. The lowest BCUT2D eigenvalue weighted by atomic mass is 9.96. The maximum atomic E-state index is 12.2. The number of hydrogen-bond acceptors (Lipinski definition) is 3. The van der Waals surface area contributed by atoms with Crippen LogP contribution < -0.4 is 5.32 Å². The van der Waals surface area contributed by atoms with Crippen LogP contribution >= 0.6 is 0 Å². The number of amides is 1. The van der Waals surface area contributed by atoms with Crippen LogP contribution in [-0.2, 0) is 4.74 Å². The lowest BCUT2D eigenvalue weighted by Crippen LogP contribution is -2.39. The normalized spacial score (nSPS) is 16.9. The van der Waals surface area contributed by atoms with E-state index < -0.39 is 0 Å². The molecule has 21 heavy (non-hydrogen) atoms. The Kier molecular flexibility index (Phi) is 6.21. The van der Waals surface area contributed by atoms with Gasteiger partial charge in [-0.25, -0.2) is 0 Å². The van der Waals surface area contributed by atoms with Crippen molar-refractivity contribution in [2.75, 3.05) is 39.9 Å². The molecule has 0 aromatic heterocycles. The molecule has 1 heterocycles. The Morgan fingerprint density at radius 3 is 2.71 bits per heavy atom. The van der Waals surface area contributed by atoms with Crippen LogP contribution in [0, 0.1) is 12.8 Å². The van der Waals surface area contributed by atoms with Crippen molar-refractivity contribution in [2.24, 2.45) is 5.92 Å². The molecular weight excluding hydrogens is 264 g/mol. The first-order chi connectivity index (χ1) is 10.2. The second-order valence-corrected chi connectivity index (χ2v) is 5.80. The standard InChI is InChI=1S/C17H26N2O2/c1-14-5-3-4-6-16(14)17(20)18-13-15-7-9-19(10-8-15)11-12-21-2/h3-6,15H,7-13H2,1-2H3,(H,18,20). The number of hydrogen-bond donors (Lipinski definition) is 1. The third-order valence-electron chi connectivity index (χ3n) is 4.26. The van der Waals surface area contributed by atoms with E-state index in [1.54, 1.807) is 7.11 Å². The van der Waals surface area contributed by atoms with E-state index in [-0.39, 0.29) is 5.91 Å². The topological polar surface area (TPSA) is 41.6 Å². The van der Waals surface area contributed by atoms with Crippen LogP contribution in [0.4, 0.5) is 0 Å². The van der Waals surface area contributed by atoms with Crippen molar-refractivity contribution in [2.45, 2.75) is 19.8 Å². The number of nitrogens with zero attached hydrogens (tertiary/aromatic N) is 1. The number of piperidine rings is 1. The summed E-state index contributed by atoms with van der Waals surface area (Å²) in [4.78, 5) is 14.6. The monoisotopic (exact) mass is 290 g/mol. The molecular formula is C17H26N2O2. The summed E-state index contributed by atoms with van der Waals surface area (Å²) < 4.78 is 5.11. The molecule has 0 aliphatic carbocycles. The average Bonchev–Trinajstić information content (AvgIpc) is 2.52. The van der Waals surface area contributed by atoms with Gasteiger partial charge in [0.25, 0.3) is 5.91 Å². The van der Waals surface area contributed by atoms with Crippen molar-refractivity contribution in [1.82, 2.24) is 10.2 Å². The number of carbonyl (C=O) groups excluding carboxylic acids is 1. The van der Waals surface area contributed by atoms with Crippen molar-refractivity contribution in [3.8, 4) is 0 Å². The second kappa shape index (κ2) is 8.15. The molecule has 1 aliphatic rings. The Bertz CT molecular complexity index is 454. The number of nitrogens with one attached hydrogen (secondary N) is 1. The molecule has 0 spiro atoms. The number of carbonyl (C=O) groups is 1. The van der Waals surface area contributed by atoms with Gasteiger partial charge in [-0.2, -0.15) is 0 Å². The summed E-state index contributed by atoms with van der Waals surface area (Å²) >= 11 is 0. The van der Waals surface area contributed by atoms with Gasteiger partial charge < -0.3 is 15.0 Å². The van der Waals surface area contributed by atoms with E-state index in [2.05, 4.69) is 10.2 Å². The molecule has 4 heteroatoms. The van der Waals surface area contributed by atoms with E-state index in [0.29, 0.717) is 5.92 Å². The fourth-order valence-electron chi connectivity index (χ4n) is 2.79. The van der Waals surface area contributed by atoms with Crippen LogP contribution in [0.3, 0.4) is 0 Å². The lowest BCUT2D eigenvalue weighted by Gasteiger charge is -2.31. The fourth-order valence-corrected chi connectivity index (χ4v) is 2.79.